The highest BCUT2D eigenvalue weighted by Crippen LogP contribution is 2.27. The molecule has 1 fully saturated rings. The van der Waals surface area contributed by atoms with E-state index in [4.69, 9.17) is 4.74 Å². The zero-order chi connectivity index (χ0) is 18.4. The molecule has 0 spiro atoms. The summed E-state index contributed by atoms with van der Waals surface area (Å²) in [7, 11) is -3.61. The number of sulfonamides is 1. The Balaban J connectivity index is 2.15. The Kier molecular flexibility index (Phi) is 6.84. The second-order valence-electron chi connectivity index (χ2n) is 6.35. The maximum absolute atomic E-state index is 12.9. The largest absolute Gasteiger partial charge is 0.494 e. The average molecular weight is 368 g/mol. The van der Waals surface area contributed by atoms with Crippen molar-refractivity contribution in [1.29, 1.82) is 0 Å². The molecule has 6 nitrogen and oxygen atoms in total. The minimum absolute atomic E-state index is 0.0513. The van der Waals surface area contributed by atoms with Gasteiger partial charge in [-0.05, 0) is 56.9 Å². The second-order valence-corrected chi connectivity index (χ2v) is 8.29. The quantitative estimate of drug-likeness (QED) is 0.801. The Morgan fingerprint density at radius 3 is 2.76 bits per heavy atom. The van der Waals surface area contributed by atoms with Crippen molar-refractivity contribution >= 4 is 15.9 Å². The highest BCUT2D eigenvalue weighted by Gasteiger charge is 2.33. The molecule has 1 N–H and O–H groups in total. The van der Waals surface area contributed by atoms with Crippen LogP contribution in [0.2, 0.25) is 0 Å². The first-order valence-electron chi connectivity index (χ1n) is 8.91. The van der Waals surface area contributed by atoms with Crippen LogP contribution in [0.1, 0.15) is 38.7 Å². The van der Waals surface area contributed by atoms with Gasteiger partial charge in [-0.15, -0.1) is 0 Å². The van der Waals surface area contributed by atoms with Gasteiger partial charge in [-0.1, -0.05) is 6.92 Å². The van der Waals surface area contributed by atoms with Gasteiger partial charge >= 0.3 is 0 Å². The molecule has 2 rings (SSSR count). The molecule has 0 bridgehead atoms. The lowest BCUT2D eigenvalue weighted by atomic mass is 9.99. The third-order valence-electron chi connectivity index (χ3n) is 4.39. The predicted molar refractivity (Wildman–Crippen MR) is 97.1 cm³/mol. The smallest absolute Gasteiger partial charge is 0.243 e. The number of benzene rings is 1. The van der Waals surface area contributed by atoms with Gasteiger partial charge in [0.2, 0.25) is 15.9 Å². The van der Waals surface area contributed by atoms with Crippen LogP contribution in [0.15, 0.2) is 23.1 Å². The van der Waals surface area contributed by atoms with Crippen LogP contribution < -0.4 is 10.1 Å². The molecule has 25 heavy (non-hydrogen) atoms. The van der Waals surface area contributed by atoms with Crippen molar-refractivity contribution in [2.75, 3.05) is 26.2 Å². The molecule has 0 radical (unpaired) electrons. The molecule has 1 aliphatic rings. The third-order valence-corrected chi connectivity index (χ3v) is 6.25. The first kappa shape index (κ1) is 19.7. The predicted octanol–water partition coefficient (Wildman–Crippen LogP) is 2.32. The van der Waals surface area contributed by atoms with Gasteiger partial charge in [-0.25, -0.2) is 8.42 Å². The first-order valence-corrected chi connectivity index (χ1v) is 10.4. The summed E-state index contributed by atoms with van der Waals surface area (Å²) in [5.74, 6) is 0.361. The van der Waals surface area contributed by atoms with Crippen molar-refractivity contribution in [2.45, 2.75) is 44.9 Å². The summed E-state index contributed by atoms with van der Waals surface area (Å²) in [4.78, 5) is 12.4. The van der Waals surface area contributed by atoms with E-state index in [9.17, 15) is 13.2 Å². The standard InChI is InChI=1S/C18H28N2O4S/c1-4-10-19-18(21)15-7-6-11-20(13-15)25(22,23)16-8-9-17(24-5-2)14(3)12-16/h8-9,12,15H,4-7,10-11,13H2,1-3H3,(H,19,21)/t15-/m0/s1. The van der Waals surface area contributed by atoms with Crippen LogP contribution in [0.5, 0.6) is 5.75 Å². The lowest BCUT2D eigenvalue weighted by molar-refractivity contribution is -0.126. The van der Waals surface area contributed by atoms with Gasteiger partial charge in [0.25, 0.3) is 0 Å². The second kappa shape index (κ2) is 8.67. The Morgan fingerprint density at radius 1 is 1.36 bits per heavy atom. The van der Waals surface area contributed by atoms with Gasteiger partial charge in [0, 0.05) is 19.6 Å². The fourth-order valence-corrected chi connectivity index (χ4v) is 4.63. The summed E-state index contributed by atoms with van der Waals surface area (Å²) in [6.45, 7) is 7.57. The van der Waals surface area contributed by atoms with Crippen LogP contribution in [-0.4, -0.2) is 44.9 Å². The highest BCUT2D eigenvalue weighted by atomic mass is 32.2. The van der Waals surface area contributed by atoms with E-state index in [1.807, 2.05) is 20.8 Å². The van der Waals surface area contributed by atoms with Crippen LogP contribution in [0, 0.1) is 12.8 Å². The Labute approximate surface area is 150 Å². The molecule has 1 aliphatic heterocycles. The Morgan fingerprint density at radius 2 is 2.12 bits per heavy atom. The van der Waals surface area contributed by atoms with Crippen LogP contribution in [0.4, 0.5) is 0 Å². The zero-order valence-corrected chi connectivity index (χ0v) is 16.1. The van der Waals surface area contributed by atoms with Crippen LogP contribution in [0.25, 0.3) is 0 Å². The van der Waals surface area contributed by atoms with E-state index in [1.165, 1.54) is 4.31 Å². The fourth-order valence-electron chi connectivity index (χ4n) is 3.02. The van der Waals surface area contributed by atoms with Crippen molar-refractivity contribution in [3.8, 4) is 5.75 Å². The van der Waals surface area contributed by atoms with E-state index < -0.39 is 10.0 Å². The summed E-state index contributed by atoms with van der Waals surface area (Å²) in [6.07, 6.45) is 2.29. The number of ether oxygens (including phenoxy) is 1. The number of carbonyl (C=O) groups excluding carboxylic acids is 1. The van der Waals surface area contributed by atoms with Crippen molar-refractivity contribution in [3.05, 3.63) is 23.8 Å². The number of hydrogen-bond donors (Lipinski definition) is 1. The minimum Gasteiger partial charge on any atom is -0.494 e. The summed E-state index contributed by atoms with van der Waals surface area (Å²) >= 11 is 0. The summed E-state index contributed by atoms with van der Waals surface area (Å²) < 4.78 is 32.8. The summed E-state index contributed by atoms with van der Waals surface area (Å²) in [5, 5.41) is 2.87. The molecule has 1 heterocycles. The molecule has 0 unspecified atom stereocenters. The minimum atomic E-state index is -3.61. The molecule has 0 aliphatic carbocycles. The number of aryl methyl sites for hydroxylation is 1. The SMILES string of the molecule is CCCNC(=O)[C@H]1CCCN(S(=O)(=O)c2ccc(OCC)c(C)c2)C1. The van der Waals surface area contributed by atoms with Crippen LogP contribution in [0.3, 0.4) is 0 Å². The van der Waals surface area contributed by atoms with E-state index in [2.05, 4.69) is 5.32 Å². The van der Waals surface area contributed by atoms with Crippen molar-refractivity contribution in [3.63, 3.8) is 0 Å². The molecule has 1 amide bonds. The molecule has 0 aromatic heterocycles. The topological polar surface area (TPSA) is 75.7 Å². The van der Waals surface area contributed by atoms with Crippen LogP contribution in [-0.2, 0) is 14.8 Å². The van der Waals surface area contributed by atoms with Gasteiger partial charge in [-0.2, -0.15) is 4.31 Å². The van der Waals surface area contributed by atoms with Gasteiger partial charge < -0.3 is 10.1 Å². The molecule has 140 valence electrons. The molecule has 0 saturated carbocycles. The number of hydrogen-bond acceptors (Lipinski definition) is 4. The number of nitrogens with one attached hydrogen (secondary N) is 1. The lowest BCUT2D eigenvalue weighted by Gasteiger charge is -2.31. The molecule has 1 aromatic rings. The molecule has 7 heteroatoms. The first-order chi connectivity index (χ1) is 11.9. The van der Waals surface area contributed by atoms with E-state index >= 15 is 0 Å². The van der Waals surface area contributed by atoms with Gasteiger partial charge in [0.05, 0.1) is 17.4 Å². The van der Waals surface area contributed by atoms with Crippen molar-refractivity contribution in [1.82, 2.24) is 9.62 Å². The lowest BCUT2D eigenvalue weighted by Crippen LogP contribution is -2.45. The van der Waals surface area contributed by atoms with E-state index in [0.29, 0.717) is 31.9 Å². The van der Waals surface area contributed by atoms with E-state index in [1.54, 1.807) is 18.2 Å². The third kappa shape index (κ3) is 4.73. The average Bonchev–Trinajstić information content (AvgIpc) is 2.61. The summed E-state index contributed by atoms with van der Waals surface area (Å²) in [6, 6.07) is 4.91. The van der Waals surface area contributed by atoms with Crippen molar-refractivity contribution < 1.29 is 17.9 Å². The maximum atomic E-state index is 12.9. The van der Waals surface area contributed by atoms with E-state index in [-0.39, 0.29) is 23.3 Å². The Hall–Kier alpha value is -1.60. The number of piperidine rings is 1. The van der Waals surface area contributed by atoms with Crippen LogP contribution >= 0.6 is 0 Å². The van der Waals surface area contributed by atoms with E-state index in [0.717, 1.165) is 18.4 Å². The Bertz CT molecular complexity index is 703. The number of rotatable bonds is 7. The zero-order valence-electron chi connectivity index (χ0n) is 15.2. The van der Waals surface area contributed by atoms with Crippen molar-refractivity contribution in [2.24, 2.45) is 5.92 Å². The molecular formula is C18H28N2O4S. The van der Waals surface area contributed by atoms with Gasteiger partial charge in [0.1, 0.15) is 5.75 Å². The van der Waals surface area contributed by atoms with Gasteiger partial charge in [0.15, 0.2) is 0 Å². The summed E-state index contributed by atoms with van der Waals surface area (Å²) in [5.41, 5.74) is 0.789. The monoisotopic (exact) mass is 368 g/mol. The maximum Gasteiger partial charge on any atom is 0.243 e. The van der Waals surface area contributed by atoms with Gasteiger partial charge in [-0.3, -0.25) is 4.79 Å². The highest BCUT2D eigenvalue weighted by molar-refractivity contribution is 7.89. The normalized spacial score (nSPS) is 18.8. The molecule has 1 aromatic carbocycles. The molecule has 1 atom stereocenters. The molecular weight excluding hydrogens is 340 g/mol. The molecule has 1 saturated heterocycles. The number of nitrogens with zero attached hydrogens (tertiary/aromatic N) is 1. The number of carbonyl (C=O) groups is 1. The number of amides is 1. The fraction of sp³-hybridized carbons (Fsp3) is 0.611.